The van der Waals surface area contributed by atoms with Crippen LogP contribution in [0.15, 0.2) is 6.07 Å². The summed E-state index contributed by atoms with van der Waals surface area (Å²) in [4.78, 5) is 13.5. The maximum atomic E-state index is 12.0. The number of phenolic OH excluding ortho intramolecular Hbond substituents is 1. The summed E-state index contributed by atoms with van der Waals surface area (Å²) < 4.78 is 27.7. The highest BCUT2D eigenvalue weighted by Crippen LogP contribution is 2.45. The molecule has 1 aromatic carbocycles. The number of carbonyl (C=O) groups excluding carboxylic acids is 1. The van der Waals surface area contributed by atoms with Gasteiger partial charge in [-0.3, -0.25) is 13.7 Å². The Bertz CT molecular complexity index is 723. The van der Waals surface area contributed by atoms with E-state index in [-0.39, 0.29) is 11.7 Å². The molecule has 1 unspecified atom stereocenters. The lowest BCUT2D eigenvalue weighted by atomic mass is 9.90. The zero-order valence-electron chi connectivity index (χ0n) is 15.8. The minimum Gasteiger partial charge on any atom is -0.505 e. The molecule has 0 aliphatic carbocycles. The molecule has 2 N–H and O–H groups in total. The highest BCUT2D eigenvalue weighted by atomic mass is 32.2. The number of unbranched alkanes of at least 4 members (excludes halogenated alkanes) is 2. The number of esters is 1. The van der Waals surface area contributed by atoms with E-state index in [9.17, 15) is 18.7 Å². The summed E-state index contributed by atoms with van der Waals surface area (Å²) in [6, 6.07) is 1.88. The van der Waals surface area contributed by atoms with E-state index in [0.29, 0.717) is 31.5 Å². The van der Waals surface area contributed by atoms with Crippen LogP contribution < -0.4 is 9.21 Å². The van der Waals surface area contributed by atoms with E-state index in [2.05, 4.69) is 9.64 Å². The lowest BCUT2D eigenvalue weighted by Gasteiger charge is -2.38. The average molecular weight is 397 g/mol. The molecule has 2 heterocycles. The summed E-state index contributed by atoms with van der Waals surface area (Å²) in [5.41, 5.74) is 3.65. The Morgan fingerprint density at radius 3 is 2.70 bits per heavy atom. The number of benzene rings is 1. The summed E-state index contributed by atoms with van der Waals surface area (Å²) in [5, 5.41) is 10.8. The SMILES string of the molecule is COC(=O)CCCCCN(c1cc2c3c(c1O)CCCN3CCC2)S(=O)O. The Hall–Kier alpha value is -1.80. The third-order valence-corrected chi connectivity index (χ3v) is 6.16. The summed E-state index contributed by atoms with van der Waals surface area (Å²) in [6.07, 6.45) is 6.19. The third kappa shape index (κ3) is 4.38. The molecule has 0 fully saturated rings. The normalized spacial score (nSPS) is 16.6. The summed E-state index contributed by atoms with van der Waals surface area (Å²) in [5.74, 6) is -0.106. The molecular formula is C19H28N2O5S. The van der Waals surface area contributed by atoms with Crippen molar-refractivity contribution in [3.63, 3.8) is 0 Å². The van der Waals surface area contributed by atoms with E-state index >= 15 is 0 Å². The average Bonchev–Trinajstić information content (AvgIpc) is 2.67. The van der Waals surface area contributed by atoms with Crippen LogP contribution in [-0.2, 0) is 33.6 Å². The molecule has 3 rings (SSSR count). The van der Waals surface area contributed by atoms with Crippen LogP contribution in [0.4, 0.5) is 11.4 Å². The molecule has 0 spiro atoms. The van der Waals surface area contributed by atoms with Gasteiger partial charge in [-0.15, -0.1) is 0 Å². The van der Waals surface area contributed by atoms with Crippen LogP contribution in [-0.4, -0.2) is 46.6 Å². The topological polar surface area (TPSA) is 90.3 Å². The Morgan fingerprint density at radius 2 is 2.00 bits per heavy atom. The first kappa shape index (κ1) is 19.9. The number of aryl methyl sites for hydroxylation is 1. The molecule has 2 aliphatic heterocycles. The number of anilines is 2. The molecule has 150 valence electrons. The quantitative estimate of drug-likeness (QED) is 0.399. The number of aromatic hydroxyl groups is 1. The largest absolute Gasteiger partial charge is 0.505 e. The summed E-state index contributed by atoms with van der Waals surface area (Å²) >= 11 is -2.21. The first-order valence-corrected chi connectivity index (χ1v) is 10.7. The summed E-state index contributed by atoms with van der Waals surface area (Å²) in [7, 11) is 1.37. The van der Waals surface area contributed by atoms with Gasteiger partial charge in [-0.1, -0.05) is 6.42 Å². The fourth-order valence-corrected chi connectivity index (χ4v) is 4.70. The molecule has 27 heavy (non-hydrogen) atoms. The first-order chi connectivity index (χ1) is 13.0. The molecule has 0 radical (unpaired) electrons. The Morgan fingerprint density at radius 1 is 1.26 bits per heavy atom. The van der Waals surface area contributed by atoms with Crippen molar-refractivity contribution in [1.29, 1.82) is 0 Å². The fourth-order valence-electron chi connectivity index (χ4n) is 4.10. The van der Waals surface area contributed by atoms with Crippen molar-refractivity contribution in [2.45, 2.75) is 51.4 Å². The lowest BCUT2D eigenvalue weighted by Crippen LogP contribution is -2.35. The maximum absolute atomic E-state index is 12.0. The molecule has 2 aliphatic rings. The van der Waals surface area contributed by atoms with Gasteiger partial charge in [0, 0.05) is 37.3 Å². The number of rotatable bonds is 8. The van der Waals surface area contributed by atoms with Crippen molar-refractivity contribution in [2.75, 3.05) is 35.9 Å². The number of ether oxygens (including phenoxy) is 1. The van der Waals surface area contributed by atoms with E-state index in [4.69, 9.17) is 0 Å². The molecule has 1 aromatic rings. The van der Waals surface area contributed by atoms with E-state index in [1.54, 1.807) is 0 Å². The number of hydrogen-bond acceptors (Lipinski definition) is 5. The number of phenols is 1. The monoisotopic (exact) mass is 396 g/mol. The molecular weight excluding hydrogens is 368 g/mol. The van der Waals surface area contributed by atoms with Crippen molar-refractivity contribution in [1.82, 2.24) is 0 Å². The van der Waals surface area contributed by atoms with E-state index in [1.165, 1.54) is 11.4 Å². The highest BCUT2D eigenvalue weighted by molar-refractivity contribution is 7.80. The Labute approximate surface area is 162 Å². The summed E-state index contributed by atoms with van der Waals surface area (Å²) in [6.45, 7) is 2.36. The standard InChI is InChI=1S/C19H28N2O5S/c1-26-17(22)9-3-2-4-12-21(27(24)25)16-13-14-7-5-10-20-11-6-8-15(18(14)20)19(16)23/h13,23H,2-12H2,1H3,(H,24,25). The zero-order valence-corrected chi connectivity index (χ0v) is 16.6. The Balaban J connectivity index is 1.76. The lowest BCUT2D eigenvalue weighted by molar-refractivity contribution is -0.140. The molecule has 8 heteroatoms. The fraction of sp³-hybridized carbons (Fsp3) is 0.632. The molecule has 0 amide bonds. The highest BCUT2D eigenvalue weighted by Gasteiger charge is 2.30. The zero-order chi connectivity index (χ0) is 19.4. The molecule has 0 bridgehead atoms. The van der Waals surface area contributed by atoms with Crippen molar-refractivity contribution < 1.29 is 23.4 Å². The van der Waals surface area contributed by atoms with E-state index < -0.39 is 11.3 Å². The van der Waals surface area contributed by atoms with Gasteiger partial charge in [-0.05, 0) is 50.2 Å². The minimum absolute atomic E-state index is 0.136. The van der Waals surface area contributed by atoms with Crippen LogP contribution >= 0.6 is 0 Å². The molecule has 0 saturated carbocycles. The van der Waals surface area contributed by atoms with Crippen LogP contribution in [0, 0.1) is 0 Å². The van der Waals surface area contributed by atoms with Crippen molar-refractivity contribution in [2.24, 2.45) is 0 Å². The van der Waals surface area contributed by atoms with E-state index in [1.807, 2.05) is 6.07 Å². The second-order valence-electron chi connectivity index (χ2n) is 7.14. The first-order valence-electron chi connectivity index (χ1n) is 9.61. The third-order valence-electron chi connectivity index (χ3n) is 5.40. The number of nitrogens with zero attached hydrogens (tertiary/aromatic N) is 2. The predicted octanol–water partition coefficient (Wildman–Crippen LogP) is 2.77. The van der Waals surface area contributed by atoms with E-state index in [0.717, 1.165) is 62.0 Å². The van der Waals surface area contributed by atoms with Gasteiger partial charge in [-0.2, -0.15) is 0 Å². The van der Waals surface area contributed by atoms with Gasteiger partial charge in [0.15, 0.2) is 0 Å². The predicted molar refractivity (Wildman–Crippen MR) is 106 cm³/mol. The van der Waals surface area contributed by atoms with Gasteiger partial charge >= 0.3 is 5.97 Å². The number of methoxy groups -OCH3 is 1. The smallest absolute Gasteiger partial charge is 0.305 e. The van der Waals surface area contributed by atoms with Crippen molar-refractivity contribution >= 4 is 28.6 Å². The van der Waals surface area contributed by atoms with Gasteiger partial charge in [0.05, 0.1) is 12.8 Å². The maximum Gasteiger partial charge on any atom is 0.305 e. The van der Waals surface area contributed by atoms with Gasteiger partial charge < -0.3 is 14.7 Å². The van der Waals surface area contributed by atoms with Gasteiger partial charge in [0.1, 0.15) is 5.75 Å². The molecule has 0 saturated heterocycles. The van der Waals surface area contributed by atoms with Gasteiger partial charge in [0.25, 0.3) is 11.3 Å². The Kier molecular flexibility index (Phi) is 6.59. The van der Waals surface area contributed by atoms with Crippen LogP contribution in [0.25, 0.3) is 0 Å². The van der Waals surface area contributed by atoms with Gasteiger partial charge in [-0.25, -0.2) is 4.21 Å². The van der Waals surface area contributed by atoms with Crippen LogP contribution in [0.3, 0.4) is 0 Å². The molecule has 1 atom stereocenters. The van der Waals surface area contributed by atoms with Crippen LogP contribution in [0.1, 0.15) is 49.7 Å². The molecule has 0 aromatic heterocycles. The number of carbonyl (C=O) groups is 1. The second-order valence-corrected chi connectivity index (χ2v) is 8.05. The van der Waals surface area contributed by atoms with Crippen molar-refractivity contribution in [3.05, 3.63) is 17.2 Å². The minimum atomic E-state index is -2.21. The van der Waals surface area contributed by atoms with Crippen LogP contribution in [0.2, 0.25) is 0 Å². The number of hydrogen-bond donors (Lipinski definition) is 2. The second kappa shape index (κ2) is 8.93. The van der Waals surface area contributed by atoms with Gasteiger partial charge in [0.2, 0.25) is 0 Å². The molecule has 7 nitrogen and oxygen atoms in total. The van der Waals surface area contributed by atoms with Crippen molar-refractivity contribution in [3.8, 4) is 5.75 Å². The van der Waals surface area contributed by atoms with Crippen LogP contribution in [0.5, 0.6) is 5.75 Å².